The van der Waals surface area contributed by atoms with E-state index in [0.29, 0.717) is 5.75 Å². The Morgan fingerprint density at radius 1 is 1.14 bits per heavy atom. The Labute approximate surface area is 172 Å². The van der Waals surface area contributed by atoms with Crippen LogP contribution in [0.5, 0.6) is 5.75 Å². The highest BCUT2D eigenvalue weighted by Crippen LogP contribution is 2.29. The third-order valence-electron chi connectivity index (χ3n) is 4.58. The van der Waals surface area contributed by atoms with Gasteiger partial charge in [0.05, 0.1) is 0 Å². The van der Waals surface area contributed by atoms with E-state index in [1.165, 1.54) is 11.3 Å². The van der Waals surface area contributed by atoms with Crippen LogP contribution in [0.2, 0.25) is 0 Å². The second-order valence-corrected chi connectivity index (χ2v) is 7.66. The predicted octanol–water partition coefficient (Wildman–Crippen LogP) is 4.05. The molecule has 0 saturated heterocycles. The lowest BCUT2D eigenvalue weighted by Crippen LogP contribution is -2.20. The molecule has 148 valence electrons. The second kappa shape index (κ2) is 8.00. The van der Waals surface area contributed by atoms with Gasteiger partial charge in [-0.1, -0.05) is 48.6 Å². The summed E-state index contributed by atoms with van der Waals surface area (Å²) in [5.74, 6) is 1.33. The molecule has 2 aromatic carbocycles. The van der Waals surface area contributed by atoms with Crippen LogP contribution in [0, 0.1) is 13.8 Å². The first-order chi connectivity index (χ1) is 14.0. The summed E-state index contributed by atoms with van der Waals surface area (Å²) in [6, 6.07) is 13.5. The van der Waals surface area contributed by atoms with Gasteiger partial charge in [0.15, 0.2) is 12.4 Å². The fourth-order valence-electron chi connectivity index (χ4n) is 2.93. The first-order valence-corrected chi connectivity index (χ1v) is 10.2. The molecule has 1 N–H and O–H groups in total. The Hall–Kier alpha value is -3.26. The maximum atomic E-state index is 12.4. The van der Waals surface area contributed by atoms with E-state index in [1.807, 2.05) is 63.2 Å². The number of amides is 1. The zero-order valence-corrected chi connectivity index (χ0v) is 17.3. The molecule has 29 heavy (non-hydrogen) atoms. The van der Waals surface area contributed by atoms with Gasteiger partial charge in [-0.05, 0) is 37.1 Å². The second-order valence-electron chi connectivity index (χ2n) is 6.70. The van der Waals surface area contributed by atoms with Gasteiger partial charge in [0, 0.05) is 17.7 Å². The maximum absolute atomic E-state index is 12.4. The van der Waals surface area contributed by atoms with Crippen molar-refractivity contribution < 1.29 is 9.53 Å². The van der Waals surface area contributed by atoms with E-state index in [4.69, 9.17) is 4.74 Å². The molecule has 4 rings (SSSR count). The number of nitrogens with one attached hydrogen (secondary N) is 1. The van der Waals surface area contributed by atoms with E-state index >= 15 is 0 Å². The minimum Gasteiger partial charge on any atom is -0.483 e. The molecule has 0 saturated carbocycles. The highest BCUT2D eigenvalue weighted by molar-refractivity contribution is 7.19. The number of ether oxygens (including phenoxy) is 1. The number of nitrogens with zero attached hydrogens (tertiary/aromatic N) is 4. The Kier molecular flexibility index (Phi) is 5.26. The number of carbonyl (C=O) groups excluding carboxylic acids is 1. The third kappa shape index (κ3) is 3.97. The lowest BCUT2D eigenvalue weighted by molar-refractivity contribution is -0.118. The van der Waals surface area contributed by atoms with Crippen molar-refractivity contribution in [2.24, 2.45) is 0 Å². The molecular formula is C21H21N5O2S. The summed E-state index contributed by atoms with van der Waals surface area (Å²) in [6.45, 7) is 5.87. The van der Waals surface area contributed by atoms with E-state index in [0.717, 1.165) is 44.6 Å². The first-order valence-electron chi connectivity index (χ1n) is 9.35. The number of aromatic nitrogens is 4. The molecular weight excluding hydrogens is 386 g/mol. The van der Waals surface area contributed by atoms with Gasteiger partial charge in [0.2, 0.25) is 4.96 Å². The molecule has 8 heteroatoms. The van der Waals surface area contributed by atoms with Crippen molar-refractivity contribution in [1.29, 1.82) is 0 Å². The third-order valence-corrected chi connectivity index (χ3v) is 5.53. The highest BCUT2D eigenvalue weighted by atomic mass is 32.1. The van der Waals surface area contributed by atoms with Crippen LogP contribution in [-0.2, 0) is 11.2 Å². The average Bonchev–Trinajstić information content (AvgIpc) is 3.29. The lowest BCUT2D eigenvalue weighted by atomic mass is 10.1. The SMILES string of the molecule is CCc1nnc2sc(-c3ccc(C)c(NC(=O)COc4ccccc4C)c3)nn12. The number of hydrogen-bond donors (Lipinski definition) is 1. The van der Waals surface area contributed by atoms with Crippen LogP contribution in [0.1, 0.15) is 23.9 Å². The van der Waals surface area contributed by atoms with Crippen molar-refractivity contribution in [3.8, 4) is 16.3 Å². The molecule has 1 amide bonds. The zero-order chi connectivity index (χ0) is 20.4. The molecule has 0 atom stereocenters. The van der Waals surface area contributed by atoms with Crippen LogP contribution >= 0.6 is 11.3 Å². The van der Waals surface area contributed by atoms with Gasteiger partial charge < -0.3 is 10.1 Å². The quantitative estimate of drug-likeness (QED) is 0.521. The van der Waals surface area contributed by atoms with E-state index < -0.39 is 0 Å². The molecule has 0 aliphatic rings. The smallest absolute Gasteiger partial charge is 0.262 e. The number of hydrogen-bond acceptors (Lipinski definition) is 6. The van der Waals surface area contributed by atoms with Crippen molar-refractivity contribution in [2.75, 3.05) is 11.9 Å². The normalized spacial score (nSPS) is 11.0. The molecule has 2 aromatic heterocycles. The van der Waals surface area contributed by atoms with Gasteiger partial charge in [-0.25, -0.2) is 0 Å². The Morgan fingerprint density at radius 2 is 1.97 bits per heavy atom. The van der Waals surface area contributed by atoms with Gasteiger partial charge >= 0.3 is 0 Å². The van der Waals surface area contributed by atoms with Gasteiger partial charge in [-0.2, -0.15) is 9.61 Å². The van der Waals surface area contributed by atoms with Crippen LogP contribution in [0.25, 0.3) is 15.5 Å². The van der Waals surface area contributed by atoms with Crippen molar-refractivity contribution in [3.05, 3.63) is 59.4 Å². The highest BCUT2D eigenvalue weighted by Gasteiger charge is 2.14. The Bertz CT molecular complexity index is 1180. The van der Waals surface area contributed by atoms with Gasteiger partial charge in [-0.3, -0.25) is 4.79 Å². The summed E-state index contributed by atoms with van der Waals surface area (Å²) in [5, 5.41) is 16.7. The topological polar surface area (TPSA) is 81.4 Å². The number of benzene rings is 2. The van der Waals surface area contributed by atoms with Crippen LogP contribution in [-0.4, -0.2) is 32.3 Å². The number of carbonyl (C=O) groups is 1. The molecule has 0 aliphatic carbocycles. The Morgan fingerprint density at radius 3 is 2.76 bits per heavy atom. The fourth-order valence-corrected chi connectivity index (χ4v) is 3.79. The summed E-state index contributed by atoms with van der Waals surface area (Å²) in [6.07, 6.45) is 0.764. The number of anilines is 1. The minimum atomic E-state index is -0.208. The number of fused-ring (bicyclic) bond motifs is 1. The van der Waals surface area contributed by atoms with Crippen molar-refractivity contribution >= 4 is 27.9 Å². The molecule has 0 aliphatic heterocycles. The number of aryl methyl sites for hydroxylation is 3. The van der Waals surface area contributed by atoms with Crippen LogP contribution in [0.3, 0.4) is 0 Å². The van der Waals surface area contributed by atoms with Gasteiger partial charge in [0.1, 0.15) is 10.8 Å². The largest absolute Gasteiger partial charge is 0.483 e. The standard InChI is InChI=1S/C21H21N5O2S/c1-4-18-23-24-21-26(18)25-20(29-21)15-10-9-13(2)16(11-15)22-19(27)12-28-17-8-6-5-7-14(17)3/h5-11H,4,12H2,1-3H3,(H,22,27). The lowest BCUT2D eigenvalue weighted by Gasteiger charge is -2.11. The van der Waals surface area contributed by atoms with E-state index in [2.05, 4.69) is 20.6 Å². The molecule has 0 radical (unpaired) electrons. The van der Waals surface area contributed by atoms with Crippen molar-refractivity contribution in [3.63, 3.8) is 0 Å². The van der Waals surface area contributed by atoms with E-state index in [-0.39, 0.29) is 12.5 Å². The zero-order valence-electron chi connectivity index (χ0n) is 16.5. The van der Waals surface area contributed by atoms with Gasteiger partial charge in [0.25, 0.3) is 5.91 Å². The van der Waals surface area contributed by atoms with Crippen molar-refractivity contribution in [1.82, 2.24) is 19.8 Å². The summed E-state index contributed by atoms with van der Waals surface area (Å²) in [4.78, 5) is 13.2. The summed E-state index contributed by atoms with van der Waals surface area (Å²) in [5.41, 5.74) is 3.62. The monoisotopic (exact) mass is 407 g/mol. The van der Waals surface area contributed by atoms with E-state index in [1.54, 1.807) is 4.52 Å². The van der Waals surface area contributed by atoms with E-state index in [9.17, 15) is 4.79 Å². The van der Waals surface area contributed by atoms with Gasteiger partial charge in [-0.15, -0.1) is 10.2 Å². The number of rotatable bonds is 6. The maximum Gasteiger partial charge on any atom is 0.262 e. The number of para-hydroxylation sites is 1. The van der Waals surface area contributed by atoms with Crippen molar-refractivity contribution in [2.45, 2.75) is 27.2 Å². The molecule has 0 spiro atoms. The van der Waals surface area contributed by atoms with Crippen LogP contribution in [0.15, 0.2) is 42.5 Å². The fraction of sp³-hybridized carbons (Fsp3) is 0.238. The minimum absolute atomic E-state index is 0.0505. The first kappa shape index (κ1) is 19.1. The Balaban J connectivity index is 1.51. The van der Waals surface area contributed by atoms with Crippen LogP contribution in [0.4, 0.5) is 5.69 Å². The summed E-state index contributed by atoms with van der Waals surface area (Å²) >= 11 is 1.47. The summed E-state index contributed by atoms with van der Waals surface area (Å²) < 4.78 is 7.41. The average molecular weight is 407 g/mol. The molecule has 0 unspecified atom stereocenters. The molecule has 2 heterocycles. The molecule has 4 aromatic rings. The molecule has 0 fully saturated rings. The van der Waals surface area contributed by atoms with Crippen LogP contribution < -0.4 is 10.1 Å². The predicted molar refractivity (Wildman–Crippen MR) is 114 cm³/mol. The molecule has 0 bridgehead atoms. The molecule has 7 nitrogen and oxygen atoms in total. The summed E-state index contributed by atoms with van der Waals surface area (Å²) in [7, 11) is 0.